The molecule has 0 saturated carbocycles. The van der Waals surface area contributed by atoms with Crippen molar-refractivity contribution in [3.63, 3.8) is 0 Å². The van der Waals surface area contributed by atoms with Gasteiger partial charge in [-0.25, -0.2) is 0 Å². The summed E-state index contributed by atoms with van der Waals surface area (Å²) >= 11 is 12.3. The molecular weight excluding hydrogens is 483 g/mol. The van der Waals surface area contributed by atoms with Gasteiger partial charge >= 0.3 is 0 Å². The number of hydrogen-bond donors (Lipinski definition) is 2. The standard InChI is InChI=1S/C28H22Cl2N2O3/c29-21-11-13-23(24(30)17-21)26-14-12-22(35-26)18-25(32-27(33)20-9-5-2-6-10-20)28(34)31-16-15-19-7-3-1-4-8-19/h1-14,17-18H,15-16H2,(H,31,34)(H,32,33). The number of carbonyl (C=O) groups excluding carboxylic acids is 2. The zero-order valence-electron chi connectivity index (χ0n) is 18.6. The Balaban J connectivity index is 1.55. The van der Waals surface area contributed by atoms with Crippen LogP contribution < -0.4 is 10.6 Å². The summed E-state index contributed by atoms with van der Waals surface area (Å²) in [5.74, 6) is 0.0685. The molecular formula is C28H22Cl2N2O3. The van der Waals surface area contributed by atoms with Crippen molar-refractivity contribution in [1.82, 2.24) is 10.6 Å². The Morgan fingerprint density at radius 3 is 2.29 bits per heavy atom. The molecule has 176 valence electrons. The Morgan fingerprint density at radius 2 is 1.57 bits per heavy atom. The van der Waals surface area contributed by atoms with Gasteiger partial charge in [-0.3, -0.25) is 9.59 Å². The van der Waals surface area contributed by atoms with E-state index in [0.29, 0.717) is 45.7 Å². The van der Waals surface area contributed by atoms with Crippen LogP contribution in [0.5, 0.6) is 0 Å². The molecule has 0 atom stereocenters. The third-order valence-electron chi connectivity index (χ3n) is 5.18. The smallest absolute Gasteiger partial charge is 0.267 e. The molecule has 0 aliphatic rings. The molecule has 1 heterocycles. The molecule has 0 spiro atoms. The number of benzene rings is 3. The molecule has 0 radical (unpaired) electrons. The molecule has 0 aliphatic carbocycles. The van der Waals surface area contributed by atoms with E-state index in [9.17, 15) is 9.59 Å². The summed E-state index contributed by atoms with van der Waals surface area (Å²) in [6.07, 6.45) is 2.15. The van der Waals surface area contributed by atoms with E-state index in [1.807, 2.05) is 36.4 Å². The van der Waals surface area contributed by atoms with Crippen molar-refractivity contribution >= 4 is 41.1 Å². The first-order valence-electron chi connectivity index (χ1n) is 10.9. The van der Waals surface area contributed by atoms with Crippen LogP contribution in [0, 0.1) is 0 Å². The highest BCUT2D eigenvalue weighted by atomic mass is 35.5. The normalized spacial score (nSPS) is 11.2. The summed E-state index contributed by atoms with van der Waals surface area (Å²) in [5, 5.41) is 6.53. The van der Waals surface area contributed by atoms with Crippen molar-refractivity contribution in [3.8, 4) is 11.3 Å². The Morgan fingerprint density at radius 1 is 0.857 bits per heavy atom. The van der Waals surface area contributed by atoms with Crippen LogP contribution in [0.25, 0.3) is 17.4 Å². The van der Waals surface area contributed by atoms with E-state index in [0.717, 1.165) is 5.56 Å². The molecule has 2 amide bonds. The fourth-order valence-corrected chi connectivity index (χ4v) is 3.91. The Bertz CT molecular complexity index is 1350. The molecule has 0 unspecified atom stereocenters. The predicted octanol–water partition coefficient (Wildman–Crippen LogP) is 6.38. The van der Waals surface area contributed by atoms with E-state index >= 15 is 0 Å². The average Bonchev–Trinajstić information content (AvgIpc) is 3.33. The molecule has 2 N–H and O–H groups in total. The fraction of sp³-hybridized carbons (Fsp3) is 0.0714. The number of rotatable bonds is 8. The van der Waals surface area contributed by atoms with Gasteiger partial charge in [0.05, 0.1) is 5.02 Å². The molecule has 0 bridgehead atoms. The monoisotopic (exact) mass is 504 g/mol. The first kappa shape index (κ1) is 24.3. The lowest BCUT2D eigenvalue weighted by Crippen LogP contribution is -2.35. The van der Waals surface area contributed by atoms with Gasteiger partial charge < -0.3 is 15.1 Å². The van der Waals surface area contributed by atoms with Crippen molar-refractivity contribution < 1.29 is 14.0 Å². The Labute approximate surface area is 213 Å². The van der Waals surface area contributed by atoms with E-state index in [1.165, 1.54) is 6.08 Å². The molecule has 4 rings (SSSR count). The van der Waals surface area contributed by atoms with E-state index in [1.54, 1.807) is 54.6 Å². The van der Waals surface area contributed by atoms with Crippen LogP contribution >= 0.6 is 23.2 Å². The molecule has 35 heavy (non-hydrogen) atoms. The fourth-order valence-electron chi connectivity index (χ4n) is 3.41. The number of hydrogen-bond acceptors (Lipinski definition) is 3. The zero-order chi connectivity index (χ0) is 24.6. The summed E-state index contributed by atoms with van der Waals surface area (Å²) in [6.45, 7) is 0.408. The maximum Gasteiger partial charge on any atom is 0.267 e. The number of amides is 2. The van der Waals surface area contributed by atoms with Crippen LogP contribution in [0.3, 0.4) is 0 Å². The summed E-state index contributed by atoms with van der Waals surface area (Å²) in [5.41, 5.74) is 2.26. The van der Waals surface area contributed by atoms with Crippen molar-refractivity contribution in [3.05, 3.63) is 124 Å². The quantitative estimate of drug-likeness (QED) is 0.273. The molecule has 0 saturated heterocycles. The highest BCUT2D eigenvalue weighted by molar-refractivity contribution is 6.36. The molecule has 0 aliphatic heterocycles. The van der Waals surface area contributed by atoms with Crippen LogP contribution in [0.2, 0.25) is 10.0 Å². The number of furan rings is 1. The third kappa shape index (κ3) is 6.63. The van der Waals surface area contributed by atoms with E-state index in [2.05, 4.69) is 10.6 Å². The zero-order valence-corrected chi connectivity index (χ0v) is 20.1. The van der Waals surface area contributed by atoms with Crippen LogP contribution in [0.4, 0.5) is 0 Å². The van der Waals surface area contributed by atoms with E-state index in [-0.39, 0.29) is 5.70 Å². The summed E-state index contributed by atoms with van der Waals surface area (Å²) in [7, 11) is 0. The SMILES string of the molecule is O=C(NCCc1ccccc1)C(=Cc1ccc(-c2ccc(Cl)cc2Cl)o1)NC(=O)c1ccccc1. The first-order chi connectivity index (χ1) is 17.0. The maximum atomic E-state index is 13.0. The lowest BCUT2D eigenvalue weighted by molar-refractivity contribution is -0.117. The van der Waals surface area contributed by atoms with Crippen molar-refractivity contribution in [2.75, 3.05) is 6.54 Å². The van der Waals surface area contributed by atoms with E-state index in [4.69, 9.17) is 27.6 Å². The van der Waals surface area contributed by atoms with Crippen LogP contribution in [-0.4, -0.2) is 18.4 Å². The highest BCUT2D eigenvalue weighted by Gasteiger charge is 2.16. The third-order valence-corrected chi connectivity index (χ3v) is 5.73. The number of nitrogens with one attached hydrogen (secondary N) is 2. The topological polar surface area (TPSA) is 71.3 Å². The summed E-state index contributed by atoms with van der Waals surface area (Å²) in [4.78, 5) is 25.8. The number of carbonyl (C=O) groups is 2. The van der Waals surface area contributed by atoms with E-state index < -0.39 is 11.8 Å². The average molecular weight is 505 g/mol. The van der Waals surface area contributed by atoms with Gasteiger partial charge in [-0.05, 0) is 54.4 Å². The second-order valence-electron chi connectivity index (χ2n) is 7.70. The minimum atomic E-state index is -0.423. The van der Waals surface area contributed by atoms with Gasteiger partial charge in [0.15, 0.2) is 0 Å². The van der Waals surface area contributed by atoms with Gasteiger partial charge in [0.2, 0.25) is 0 Å². The van der Waals surface area contributed by atoms with Gasteiger partial charge in [0.25, 0.3) is 11.8 Å². The van der Waals surface area contributed by atoms with Crippen LogP contribution in [0.1, 0.15) is 21.7 Å². The van der Waals surface area contributed by atoms with Gasteiger partial charge in [-0.2, -0.15) is 0 Å². The second kappa shape index (κ2) is 11.6. The van der Waals surface area contributed by atoms with Crippen molar-refractivity contribution in [1.29, 1.82) is 0 Å². The highest BCUT2D eigenvalue weighted by Crippen LogP contribution is 2.32. The minimum absolute atomic E-state index is 0.0648. The molecule has 1 aromatic heterocycles. The summed E-state index contributed by atoms with van der Waals surface area (Å²) < 4.78 is 5.90. The molecule has 0 fully saturated rings. The van der Waals surface area contributed by atoms with Gasteiger partial charge in [-0.1, -0.05) is 71.7 Å². The first-order valence-corrected chi connectivity index (χ1v) is 11.7. The van der Waals surface area contributed by atoms with Crippen molar-refractivity contribution in [2.24, 2.45) is 0 Å². The van der Waals surface area contributed by atoms with Gasteiger partial charge in [0, 0.05) is 28.8 Å². The molecule has 7 heteroatoms. The van der Waals surface area contributed by atoms with Crippen LogP contribution in [0.15, 0.2) is 101 Å². The molecule has 5 nitrogen and oxygen atoms in total. The predicted molar refractivity (Wildman–Crippen MR) is 139 cm³/mol. The minimum Gasteiger partial charge on any atom is -0.457 e. The summed E-state index contributed by atoms with van der Waals surface area (Å²) in [6, 6.07) is 27.0. The Kier molecular flexibility index (Phi) is 8.03. The lowest BCUT2D eigenvalue weighted by Gasteiger charge is -2.11. The number of halogens is 2. The van der Waals surface area contributed by atoms with Crippen LogP contribution in [-0.2, 0) is 11.2 Å². The van der Waals surface area contributed by atoms with Gasteiger partial charge in [-0.15, -0.1) is 0 Å². The largest absolute Gasteiger partial charge is 0.457 e. The van der Waals surface area contributed by atoms with Crippen molar-refractivity contribution in [2.45, 2.75) is 6.42 Å². The molecule has 4 aromatic rings. The maximum absolute atomic E-state index is 13.0. The molecule has 3 aromatic carbocycles. The van der Waals surface area contributed by atoms with Gasteiger partial charge in [0.1, 0.15) is 17.2 Å². The second-order valence-corrected chi connectivity index (χ2v) is 8.54. The Hall–Kier alpha value is -3.80. The lowest BCUT2D eigenvalue weighted by atomic mass is 10.1.